The van der Waals surface area contributed by atoms with Gasteiger partial charge < -0.3 is 11.5 Å². The molecule has 6 heteroatoms. The van der Waals surface area contributed by atoms with Crippen LogP contribution in [0.15, 0.2) is 16.8 Å². The summed E-state index contributed by atoms with van der Waals surface area (Å²) < 4.78 is 35.8. The number of hydrogen-bond donors (Lipinski definition) is 2. The highest BCUT2D eigenvalue weighted by Crippen LogP contribution is 2.15. The summed E-state index contributed by atoms with van der Waals surface area (Å²) in [5.74, 6) is -1.03. The van der Waals surface area contributed by atoms with Crippen molar-refractivity contribution in [1.29, 1.82) is 0 Å². The predicted octanol–water partition coefficient (Wildman–Crippen LogP) is 1.79. The van der Waals surface area contributed by atoms with Gasteiger partial charge in [0.05, 0.1) is 0 Å². The molecule has 0 amide bonds. The lowest BCUT2D eigenvalue weighted by Gasteiger charge is -2.07. The molecular formula is C9H16F3N3. The summed E-state index contributed by atoms with van der Waals surface area (Å²) in [5, 5.41) is 0. The Morgan fingerprint density at radius 2 is 1.93 bits per heavy atom. The summed E-state index contributed by atoms with van der Waals surface area (Å²) in [4.78, 5) is 3.15. The van der Waals surface area contributed by atoms with E-state index in [1.54, 1.807) is 0 Å². The third-order valence-electron chi connectivity index (χ3n) is 1.61. The molecule has 0 aliphatic carbocycles. The third-order valence-corrected chi connectivity index (χ3v) is 1.61. The van der Waals surface area contributed by atoms with Gasteiger partial charge in [0.2, 0.25) is 5.84 Å². The number of amidine groups is 1. The summed E-state index contributed by atoms with van der Waals surface area (Å²) in [6.45, 7) is 4.08. The van der Waals surface area contributed by atoms with E-state index in [1.807, 2.05) is 13.8 Å². The highest BCUT2D eigenvalue weighted by molar-refractivity contribution is 5.86. The number of nitrogens with zero attached hydrogens (tertiary/aromatic N) is 1. The molecule has 0 aliphatic heterocycles. The molecule has 0 aromatic carbocycles. The van der Waals surface area contributed by atoms with E-state index in [9.17, 15) is 13.2 Å². The van der Waals surface area contributed by atoms with E-state index in [0.717, 1.165) is 6.20 Å². The quantitative estimate of drug-likeness (QED) is 0.563. The van der Waals surface area contributed by atoms with Crippen LogP contribution in [-0.2, 0) is 0 Å². The second kappa shape index (κ2) is 5.75. The molecule has 0 aromatic heterocycles. The molecule has 0 radical (unpaired) electrons. The normalized spacial score (nSPS) is 14.9. The van der Waals surface area contributed by atoms with E-state index in [-0.39, 0.29) is 6.54 Å². The fourth-order valence-corrected chi connectivity index (χ4v) is 0.947. The molecule has 0 rings (SSSR count). The SMILES string of the molecule is CC(C)C/C(=C\N=C(N)C(F)(F)F)CN. The summed E-state index contributed by atoms with van der Waals surface area (Å²) in [7, 11) is 0. The molecule has 3 nitrogen and oxygen atoms in total. The minimum Gasteiger partial charge on any atom is -0.380 e. The van der Waals surface area contributed by atoms with E-state index in [4.69, 9.17) is 11.5 Å². The van der Waals surface area contributed by atoms with Crippen molar-refractivity contribution >= 4 is 5.84 Å². The van der Waals surface area contributed by atoms with Crippen LogP contribution in [0.1, 0.15) is 20.3 Å². The Balaban J connectivity index is 4.58. The maximum absolute atomic E-state index is 11.9. The molecule has 0 unspecified atom stereocenters. The van der Waals surface area contributed by atoms with Gasteiger partial charge in [-0.1, -0.05) is 13.8 Å². The first kappa shape index (κ1) is 14.0. The van der Waals surface area contributed by atoms with Crippen LogP contribution < -0.4 is 11.5 Å². The van der Waals surface area contributed by atoms with Crippen LogP contribution in [0.4, 0.5) is 13.2 Å². The zero-order chi connectivity index (χ0) is 12.1. The van der Waals surface area contributed by atoms with Crippen molar-refractivity contribution in [3.05, 3.63) is 11.8 Å². The maximum Gasteiger partial charge on any atom is 0.448 e. The van der Waals surface area contributed by atoms with Gasteiger partial charge in [-0.2, -0.15) is 13.2 Å². The van der Waals surface area contributed by atoms with Crippen LogP contribution in [0.25, 0.3) is 0 Å². The van der Waals surface area contributed by atoms with Crippen LogP contribution in [-0.4, -0.2) is 18.6 Å². The van der Waals surface area contributed by atoms with Gasteiger partial charge in [0.1, 0.15) is 0 Å². The third kappa shape index (κ3) is 6.11. The Morgan fingerprint density at radius 3 is 2.27 bits per heavy atom. The van der Waals surface area contributed by atoms with Crippen molar-refractivity contribution in [1.82, 2.24) is 0 Å². The first-order valence-corrected chi connectivity index (χ1v) is 4.55. The molecule has 0 fully saturated rings. The van der Waals surface area contributed by atoms with E-state index in [0.29, 0.717) is 17.9 Å². The van der Waals surface area contributed by atoms with Crippen LogP contribution >= 0.6 is 0 Å². The molecule has 0 aliphatic rings. The largest absolute Gasteiger partial charge is 0.448 e. The molecule has 88 valence electrons. The average Bonchev–Trinajstić information content (AvgIpc) is 2.09. The first-order chi connectivity index (χ1) is 6.77. The number of alkyl halides is 3. The van der Waals surface area contributed by atoms with E-state index in [2.05, 4.69) is 4.99 Å². The molecule has 0 saturated heterocycles. The number of hydrogen-bond acceptors (Lipinski definition) is 2. The van der Waals surface area contributed by atoms with Crippen molar-refractivity contribution < 1.29 is 13.2 Å². The minimum absolute atomic E-state index is 0.187. The fraction of sp³-hybridized carbons (Fsp3) is 0.667. The van der Waals surface area contributed by atoms with Crippen LogP contribution in [0.2, 0.25) is 0 Å². The molecule has 4 N–H and O–H groups in total. The monoisotopic (exact) mass is 223 g/mol. The van der Waals surface area contributed by atoms with E-state index >= 15 is 0 Å². The van der Waals surface area contributed by atoms with Crippen LogP contribution in [0, 0.1) is 5.92 Å². The van der Waals surface area contributed by atoms with Crippen molar-refractivity contribution in [3.63, 3.8) is 0 Å². The maximum atomic E-state index is 11.9. The molecule has 15 heavy (non-hydrogen) atoms. The Kier molecular flexibility index (Phi) is 5.35. The fourth-order valence-electron chi connectivity index (χ4n) is 0.947. The molecule has 0 spiro atoms. The molecule has 0 heterocycles. The summed E-state index contributed by atoms with van der Waals surface area (Å²) >= 11 is 0. The smallest absolute Gasteiger partial charge is 0.380 e. The number of halogens is 3. The van der Waals surface area contributed by atoms with E-state index < -0.39 is 12.0 Å². The van der Waals surface area contributed by atoms with Gasteiger partial charge in [0, 0.05) is 12.7 Å². The lowest BCUT2D eigenvalue weighted by Crippen LogP contribution is -2.30. The highest BCUT2D eigenvalue weighted by atomic mass is 19.4. The Morgan fingerprint density at radius 1 is 1.40 bits per heavy atom. The molecule has 0 bridgehead atoms. The lowest BCUT2D eigenvalue weighted by atomic mass is 10.0. The zero-order valence-electron chi connectivity index (χ0n) is 8.80. The van der Waals surface area contributed by atoms with Gasteiger partial charge in [0.25, 0.3) is 0 Å². The van der Waals surface area contributed by atoms with Gasteiger partial charge in [-0.05, 0) is 17.9 Å². The zero-order valence-corrected chi connectivity index (χ0v) is 8.80. The predicted molar refractivity (Wildman–Crippen MR) is 54.3 cm³/mol. The number of aliphatic imine (C=N–C) groups is 1. The number of rotatable bonds is 4. The van der Waals surface area contributed by atoms with Crippen molar-refractivity contribution in [2.75, 3.05) is 6.54 Å². The highest BCUT2D eigenvalue weighted by Gasteiger charge is 2.33. The minimum atomic E-state index is -4.58. The second-order valence-corrected chi connectivity index (χ2v) is 3.60. The van der Waals surface area contributed by atoms with Crippen LogP contribution in [0.3, 0.4) is 0 Å². The standard InChI is InChI=1S/C9H16F3N3/c1-6(2)3-7(4-13)5-15-8(14)9(10,11)12/h5-6H,3-4,13H2,1-2H3,(H2,14,15)/b7-5+. The van der Waals surface area contributed by atoms with Crippen molar-refractivity contribution in [2.45, 2.75) is 26.4 Å². The van der Waals surface area contributed by atoms with Crippen LogP contribution in [0.5, 0.6) is 0 Å². The van der Waals surface area contributed by atoms with Gasteiger partial charge in [-0.25, -0.2) is 4.99 Å². The van der Waals surface area contributed by atoms with Gasteiger partial charge in [-0.15, -0.1) is 0 Å². The first-order valence-electron chi connectivity index (χ1n) is 4.55. The summed E-state index contributed by atoms with van der Waals surface area (Å²) in [6.07, 6.45) is -2.86. The molecule has 0 saturated carbocycles. The van der Waals surface area contributed by atoms with Gasteiger partial charge in [0.15, 0.2) is 0 Å². The van der Waals surface area contributed by atoms with Crippen molar-refractivity contribution in [2.24, 2.45) is 22.4 Å². The topological polar surface area (TPSA) is 64.4 Å². The van der Waals surface area contributed by atoms with E-state index in [1.165, 1.54) is 0 Å². The molecule has 0 atom stereocenters. The Hall–Kier alpha value is -1.04. The Bertz CT molecular complexity index is 254. The summed E-state index contributed by atoms with van der Waals surface area (Å²) in [5.41, 5.74) is 10.7. The lowest BCUT2D eigenvalue weighted by molar-refractivity contribution is -0.0598. The van der Waals surface area contributed by atoms with Gasteiger partial charge >= 0.3 is 6.18 Å². The summed E-state index contributed by atoms with van der Waals surface area (Å²) in [6, 6.07) is 0. The molecular weight excluding hydrogens is 207 g/mol. The van der Waals surface area contributed by atoms with Crippen molar-refractivity contribution in [3.8, 4) is 0 Å². The number of nitrogens with two attached hydrogens (primary N) is 2. The molecule has 0 aromatic rings. The average molecular weight is 223 g/mol. The van der Waals surface area contributed by atoms with Gasteiger partial charge in [-0.3, -0.25) is 0 Å². The second-order valence-electron chi connectivity index (χ2n) is 3.60. The Labute approximate surface area is 87.0 Å².